The number of methoxy groups -OCH3 is 1. The summed E-state index contributed by atoms with van der Waals surface area (Å²) < 4.78 is 6.91. The molecule has 2 aromatic carbocycles. The molecule has 0 radical (unpaired) electrons. The Morgan fingerprint density at radius 3 is 2.80 bits per heavy atom. The monoisotopic (exact) mass is 420 g/mol. The smallest absolute Gasteiger partial charge is 0.234 e. The fourth-order valence-electron chi connectivity index (χ4n) is 2.88. The number of rotatable bonds is 7. The van der Waals surface area contributed by atoms with Crippen LogP contribution in [0.2, 0.25) is 0 Å². The Balaban J connectivity index is 1.44. The first kappa shape index (κ1) is 19.8. The number of aryl methyl sites for hydroxylation is 1. The zero-order valence-electron chi connectivity index (χ0n) is 16.6. The number of hydrogen-bond acceptors (Lipinski definition) is 7. The Morgan fingerprint density at radius 1 is 1.17 bits per heavy atom. The number of benzene rings is 2. The van der Waals surface area contributed by atoms with Crippen molar-refractivity contribution >= 4 is 34.5 Å². The summed E-state index contributed by atoms with van der Waals surface area (Å²) in [5.74, 6) is 0.726. The minimum absolute atomic E-state index is 0.146. The van der Waals surface area contributed by atoms with Gasteiger partial charge >= 0.3 is 0 Å². The zero-order chi connectivity index (χ0) is 20.9. The van der Waals surface area contributed by atoms with E-state index in [0.29, 0.717) is 34.2 Å². The summed E-state index contributed by atoms with van der Waals surface area (Å²) in [5.41, 5.74) is 4.22. The van der Waals surface area contributed by atoms with E-state index < -0.39 is 0 Å². The van der Waals surface area contributed by atoms with Crippen LogP contribution >= 0.6 is 11.8 Å². The molecule has 0 spiro atoms. The van der Waals surface area contributed by atoms with E-state index in [1.807, 2.05) is 18.2 Å². The number of ether oxygens (including phenoxy) is 1. The van der Waals surface area contributed by atoms with Crippen molar-refractivity contribution in [3.05, 3.63) is 66.0 Å². The number of fused-ring (bicyclic) bond motifs is 1. The first-order valence-corrected chi connectivity index (χ1v) is 10.3. The summed E-state index contributed by atoms with van der Waals surface area (Å²) >= 11 is 1.30. The molecule has 4 rings (SSSR count). The van der Waals surface area contributed by atoms with Gasteiger partial charge in [-0.25, -0.2) is 14.6 Å². The molecule has 30 heavy (non-hydrogen) atoms. The molecule has 0 unspecified atom stereocenters. The van der Waals surface area contributed by atoms with E-state index in [1.54, 1.807) is 17.9 Å². The Bertz CT molecular complexity index is 1180. The second kappa shape index (κ2) is 8.91. The van der Waals surface area contributed by atoms with Gasteiger partial charge in [-0.05, 0) is 24.6 Å². The predicted octanol–water partition coefficient (Wildman–Crippen LogP) is 3.32. The van der Waals surface area contributed by atoms with E-state index in [1.165, 1.54) is 23.7 Å². The number of nitrogens with one attached hydrogen (secondary N) is 1. The minimum Gasteiger partial charge on any atom is -0.497 e. The van der Waals surface area contributed by atoms with Crippen LogP contribution in [-0.4, -0.2) is 43.7 Å². The molecule has 2 aromatic heterocycles. The third kappa shape index (κ3) is 4.57. The number of amides is 1. The van der Waals surface area contributed by atoms with Gasteiger partial charge in [0.1, 0.15) is 17.1 Å². The fraction of sp³-hybridized carbons (Fsp3) is 0.190. The van der Waals surface area contributed by atoms with Crippen LogP contribution in [0.1, 0.15) is 11.1 Å². The summed E-state index contributed by atoms with van der Waals surface area (Å²) in [6, 6.07) is 15.5. The van der Waals surface area contributed by atoms with Gasteiger partial charge in [-0.2, -0.15) is 0 Å². The highest BCUT2D eigenvalue weighted by atomic mass is 32.2. The summed E-state index contributed by atoms with van der Waals surface area (Å²) in [5, 5.41) is 11.9. The highest BCUT2D eigenvalue weighted by Gasteiger charge is 2.14. The van der Waals surface area contributed by atoms with Gasteiger partial charge < -0.3 is 10.1 Å². The molecule has 152 valence electrons. The van der Waals surface area contributed by atoms with Crippen molar-refractivity contribution in [1.82, 2.24) is 25.0 Å². The molecule has 4 aromatic rings. The molecular weight excluding hydrogens is 400 g/mol. The van der Waals surface area contributed by atoms with Gasteiger partial charge in [0.15, 0.2) is 11.2 Å². The van der Waals surface area contributed by atoms with Crippen LogP contribution < -0.4 is 10.1 Å². The number of carbonyl (C=O) groups is 1. The summed E-state index contributed by atoms with van der Waals surface area (Å²) in [7, 11) is 1.59. The molecule has 2 heterocycles. The lowest BCUT2D eigenvalue weighted by atomic mass is 10.1. The van der Waals surface area contributed by atoms with Gasteiger partial charge in [-0.15, -0.1) is 5.10 Å². The normalized spacial score (nSPS) is 10.9. The maximum absolute atomic E-state index is 12.3. The maximum atomic E-state index is 12.3. The van der Waals surface area contributed by atoms with Crippen LogP contribution in [-0.2, 0) is 11.3 Å². The minimum atomic E-state index is -0.146. The summed E-state index contributed by atoms with van der Waals surface area (Å²) in [6.45, 7) is 2.62. The molecule has 1 N–H and O–H groups in total. The van der Waals surface area contributed by atoms with E-state index in [-0.39, 0.29) is 11.7 Å². The first-order chi connectivity index (χ1) is 14.6. The lowest BCUT2D eigenvalue weighted by Gasteiger charge is -2.07. The van der Waals surface area contributed by atoms with Crippen LogP contribution in [0.15, 0.2) is 59.9 Å². The van der Waals surface area contributed by atoms with E-state index in [2.05, 4.69) is 56.8 Å². The molecule has 9 heteroatoms. The zero-order valence-corrected chi connectivity index (χ0v) is 17.4. The van der Waals surface area contributed by atoms with Gasteiger partial charge in [0.2, 0.25) is 5.91 Å². The van der Waals surface area contributed by atoms with E-state index >= 15 is 0 Å². The number of aromatic nitrogens is 5. The predicted molar refractivity (Wildman–Crippen MR) is 116 cm³/mol. The molecule has 1 amide bonds. The molecule has 0 saturated carbocycles. The van der Waals surface area contributed by atoms with Crippen LogP contribution in [0, 0.1) is 6.92 Å². The second-order valence-corrected chi connectivity index (χ2v) is 7.62. The Kier molecular flexibility index (Phi) is 5.89. The Labute approximate surface area is 177 Å². The first-order valence-electron chi connectivity index (χ1n) is 9.29. The molecule has 8 nitrogen and oxygen atoms in total. The molecule has 0 aliphatic heterocycles. The number of nitrogens with zero attached hydrogens (tertiary/aromatic N) is 5. The standard InChI is InChI=1S/C21H20N6O2S/c1-14-6-8-15(9-7-14)11-27-20-19(25-26-27)21(23-13-22-20)30-12-18(28)24-16-4-3-5-17(10-16)29-2/h3-10,13H,11-12H2,1-2H3,(H,24,28). The van der Waals surface area contributed by atoms with Gasteiger partial charge in [0, 0.05) is 11.8 Å². The number of thioether (sulfide) groups is 1. The van der Waals surface area contributed by atoms with E-state index in [0.717, 1.165) is 5.56 Å². The lowest BCUT2D eigenvalue weighted by Crippen LogP contribution is -2.14. The van der Waals surface area contributed by atoms with Crippen molar-refractivity contribution in [3.8, 4) is 5.75 Å². The highest BCUT2D eigenvalue weighted by Crippen LogP contribution is 2.23. The largest absolute Gasteiger partial charge is 0.497 e. The number of anilines is 1. The molecule has 0 aliphatic rings. The molecule has 0 saturated heterocycles. The maximum Gasteiger partial charge on any atom is 0.234 e. The number of hydrogen-bond donors (Lipinski definition) is 1. The third-order valence-electron chi connectivity index (χ3n) is 4.41. The van der Waals surface area contributed by atoms with Crippen LogP contribution in [0.4, 0.5) is 5.69 Å². The lowest BCUT2D eigenvalue weighted by molar-refractivity contribution is -0.113. The van der Waals surface area contributed by atoms with Gasteiger partial charge in [0.25, 0.3) is 0 Å². The molecule has 0 atom stereocenters. The van der Waals surface area contributed by atoms with Gasteiger partial charge in [-0.3, -0.25) is 4.79 Å². The Hall–Kier alpha value is -3.46. The van der Waals surface area contributed by atoms with Crippen LogP contribution in [0.5, 0.6) is 5.75 Å². The molecule has 0 bridgehead atoms. The van der Waals surface area contributed by atoms with Crippen LogP contribution in [0.25, 0.3) is 11.2 Å². The topological polar surface area (TPSA) is 94.8 Å². The SMILES string of the molecule is COc1cccc(NC(=O)CSc2ncnc3c2nnn3Cc2ccc(C)cc2)c1. The van der Waals surface area contributed by atoms with Gasteiger partial charge in [0.05, 0.1) is 19.4 Å². The average Bonchev–Trinajstić information content (AvgIpc) is 3.17. The van der Waals surface area contributed by atoms with E-state index in [4.69, 9.17) is 4.74 Å². The Morgan fingerprint density at radius 2 is 2.00 bits per heavy atom. The quantitative estimate of drug-likeness (QED) is 0.362. The van der Waals surface area contributed by atoms with Gasteiger partial charge in [-0.1, -0.05) is 52.9 Å². The average molecular weight is 420 g/mol. The molecular formula is C21H20N6O2S. The van der Waals surface area contributed by atoms with Crippen molar-refractivity contribution in [1.29, 1.82) is 0 Å². The van der Waals surface area contributed by atoms with Crippen molar-refractivity contribution in [2.75, 3.05) is 18.2 Å². The fourth-order valence-corrected chi connectivity index (χ4v) is 3.61. The van der Waals surface area contributed by atoms with E-state index in [9.17, 15) is 4.79 Å². The molecule has 0 fully saturated rings. The van der Waals surface area contributed by atoms with Crippen molar-refractivity contribution < 1.29 is 9.53 Å². The second-order valence-electron chi connectivity index (χ2n) is 6.65. The highest BCUT2D eigenvalue weighted by molar-refractivity contribution is 8.00. The van der Waals surface area contributed by atoms with Crippen LogP contribution in [0.3, 0.4) is 0 Å². The van der Waals surface area contributed by atoms with Crippen molar-refractivity contribution in [2.24, 2.45) is 0 Å². The number of carbonyl (C=O) groups excluding carboxylic acids is 1. The van der Waals surface area contributed by atoms with Crippen molar-refractivity contribution in [3.63, 3.8) is 0 Å². The molecule has 0 aliphatic carbocycles. The summed E-state index contributed by atoms with van der Waals surface area (Å²) in [4.78, 5) is 20.9. The van der Waals surface area contributed by atoms with Crippen molar-refractivity contribution in [2.45, 2.75) is 18.5 Å². The third-order valence-corrected chi connectivity index (χ3v) is 5.39. The summed E-state index contributed by atoms with van der Waals surface area (Å²) in [6.07, 6.45) is 1.47.